The maximum atomic E-state index is 11.5. The van der Waals surface area contributed by atoms with Gasteiger partial charge in [0.2, 0.25) is 5.91 Å². The van der Waals surface area contributed by atoms with Gasteiger partial charge in [-0.1, -0.05) is 12.1 Å². The Bertz CT molecular complexity index is 451. The molecule has 1 amide bonds. The predicted octanol–water partition coefficient (Wildman–Crippen LogP) is 1.55. The number of hydrogen-bond acceptors (Lipinski definition) is 3. The number of carbonyl (C=O) groups is 1. The molecular weight excluding hydrogens is 226 g/mol. The van der Waals surface area contributed by atoms with Crippen LogP contribution in [0, 0.1) is 0 Å². The summed E-state index contributed by atoms with van der Waals surface area (Å²) in [6, 6.07) is 8.24. The molecular formula is C14H21N3O. The van der Waals surface area contributed by atoms with E-state index in [0.717, 1.165) is 18.7 Å². The third kappa shape index (κ3) is 2.82. The van der Waals surface area contributed by atoms with E-state index in [1.165, 1.54) is 5.56 Å². The molecule has 0 unspecified atom stereocenters. The smallest absolute Gasteiger partial charge is 0.242 e. The van der Waals surface area contributed by atoms with Crippen molar-refractivity contribution in [1.29, 1.82) is 0 Å². The Labute approximate surface area is 108 Å². The number of hydrazine groups is 1. The Morgan fingerprint density at radius 2 is 2.11 bits per heavy atom. The lowest BCUT2D eigenvalue weighted by Gasteiger charge is -2.27. The van der Waals surface area contributed by atoms with Crippen molar-refractivity contribution in [2.45, 2.75) is 32.2 Å². The zero-order valence-electron chi connectivity index (χ0n) is 11.3. The van der Waals surface area contributed by atoms with Crippen LogP contribution in [0.3, 0.4) is 0 Å². The van der Waals surface area contributed by atoms with E-state index >= 15 is 0 Å². The average Bonchev–Trinajstić information content (AvgIpc) is 2.58. The van der Waals surface area contributed by atoms with Crippen LogP contribution in [0.4, 0.5) is 5.69 Å². The molecule has 0 bridgehead atoms. The first kappa shape index (κ1) is 12.9. The molecule has 0 aliphatic carbocycles. The van der Waals surface area contributed by atoms with Gasteiger partial charge < -0.3 is 5.73 Å². The van der Waals surface area contributed by atoms with E-state index in [-0.39, 0.29) is 11.4 Å². The summed E-state index contributed by atoms with van der Waals surface area (Å²) in [6.45, 7) is 4.79. The number of benzene rings is 1. The quantitative estimate of drug-likeness (QED) is 0.881. The topological polar surface area (TPSA) is 49.6 Å². The molecule has 1 saturated heterocycles. The van der Waals surface area contributed by atoms with E-state index in [9.17, 15) is 4.79 Å². The van der Waals surface area contributed by atoms with Gasteiger partial charge in [-0.2, -0.15) is 0 Å². The zero-order chi connectivity index (χ0) is 13.3. The first-order valence-corrected chi connectivity index (χ1v) is 6.29. The third-order valence-corrected chi connectivity index (χ3v) is 3.13. The normalized spacial score (nSPS) is 16.6. The van der Waals surface area contributed by atoms with Gasteiger partial charge in [-0.25, -0.2) is 0 Å². The van der Waals surface area contributed by atoms with E-state index in [0.29, 0.717) is 6.42 Å². The maximum absolute atomic E-state index is 11.5. The number of anilines is 1. The summed E-state index contributed by atoms with van der Waals surface area (Å²) in [4.78, 5) is 11.5. The fourth-order valence-electron chi connectivity index (χ4n) is 2.30. The standard InChI is InChI=1S/C14H21N3O/c1-14(2,15)10-11-5-4-6-12(9-11)17-8-7-13(18)16(17)3/h4-6,9H,7-8,10,15H2,1-3H3. The van der Waals surface area contributed by atoms with Gasteiger partial charge in [-0.15, -0.1) is 0 Å². The minimum atomic E-state index is -0.217. The van der Waals surface area contributed by atoms with Gasteiger partial charge in [0, 0.05) is 25.6 Å². The molecule has 98 valence electrons. The van der Waals surface area contributed by atoms with E-state index in [1.807, 2.05) is 38.0 Å². The summed E-state index contributed by atoms with van der Waals surface area (Å²) < 4.78 is 0. The van der Waals surface area contributed by atoms with Crippen LogP contribution in [0.2, 0.25) is 0 Å². The van der Waals surface area contributed by atoms with Crippen molar-refractivity contribution in [3.8, 4) is 0 Å². The second-order valence-electron chi connectivity index (χ2n) is 5.63. The Hall–Kier alpha value is -1.55. The average molecular weight is 247 g/mol. The molecule has 1 fully saturated rings. The molecule has 4 nitrogen and oxygen atoms in total. The Kier molecular flexibility index (Phi) is 3.30. The van der Waals surface area contributed by atoms with Crippen molar-refractivity contribution in [2.75, 3.05) is 18.6 Å². The molecule has 0 saturated carbocycles. The molecule has 2 rings (SSSR count). The molecule has 1 aliphatic rings. The summed E-state index contributed by atoms with van der Waals surface area (Å²) in [7, 11) is 1.81. The molecule has 2 N–H and O–H groups in total. The van der Waals surface area contributed by atoms with Gasteiger partial charge >= 0.3 is 0 Å². The van der Waals surface area contributed by atoms with Crippen LogP contribution >= 0.6 is 0 Å². The van der Waals surface area contributed by atoms with Crippen LogP contribution in [0.25, 0.3) is 0 Å². The largest absolute Gasteiger partial charge is 0.325 e. The molecule has 0 spiro atoms. The van der Waals surface area contributed by atoms with Crippen LogP contribution in [-0.2, 0) is 11.2 Å². The van der Waals surface area contributed by atoms with Gasteiger partial charge in [0.1, 0.15) is 0 Å². The van der Waals surface area contributed by atoms with Crippen molar-refractivity contribution < 1.29 is 4.79 Å². The molecule has 18 heavy (non-hydrogen) atoms. The van der Waals surface area contributed by atoms with E-state index < -0.39 is 0 Å². The second-order valence-corrected chi connectivity index (χ2v) is 5.63. The minimum Gasteiger partial charge on any atom is -0.325 e. The first-order chi connectivity index (χ1) is 8.37. The third-order valence-electron chi connectivity index (χ3n) is 3.13. The van der Waals surface area contributed by atoms with Crippen LogP contribution in [0.5, 0.6) is 0 Å². The van der Waals surface area contributed by atoms with Crippen molar-refractivity contribution in [1.82, 2.24) is 5.01 Å². The number of hydrogen-bond donors (Lipinski definition) is 1. The summed E-state index contributed by atoms with van der Waals surface area (Å²) in [5.41, 5.74) is 8.09. The molecule has 0 aromatic heterocycles. The summed E-state index contributed by atoms with van der Waals surface area (Å²) in [5.74, 6) is 0.166. The Balaban J connectivity index is 2.20. The van der Waals surface area contributed by atoms with Crippen molar-refractivity contribution >= 4 is 11.6 Å². The fraction of sp³-hybridized carbons (Fsp3) is 0.500. The monoisotopic (exact) mass is 247 g/mol. The van der Waals surface area contributed by atoms with Gasteiger partial charge in [0.25, 0.3) is 0 Å². The lowest BCUT2D eigenvalue weighted by Crippen LogP contribution is -2.36. The highest BCUT2D eigenvalue weighted by Gasteiger charge is 2.25. The van der Waals surface area contributed by atoms with Crippen LogP contribution in [0.15, 0.2) is 24.3 Å². The maximum Gasteiger partial charge on any atom is 0.242 e. The number of rotatable bonds is 3. The first-order valence-electron chi connectivity index (χ1n) is 6.29. The molecule has 1 heterocycles. The Morgan fingerprint density at radius 1 is 1.39 bits per heavy atom. The number of nitrogens with zero attached hydrogens (tertiary/aromatic N) is 2. The number of amides is 1. The van der Waals surface area contributed by atoms with Crippen LogP contribution < -0.4 is 10.7 Å². The molecule has 1 aromatic rings. The van der Waals surface area contributed by atoms with Gasteiger partial charge in [0.15, 0.2) is 0 Å². The van der Waals surface area contributed by atoms with Crippen molar-refractivity contribution in [3.63, 3.8) is 0 Å². The van der Waals surface area contributed by atoms with Crippen LogP contribution in [0.1, 0.15) is 25.8 Å². The van der Waals surface area contributed by atoms with E-state index in [4.69, 9.17) is 5.73 Å². The number of carbonyl (C=O) groups excluding carboxylic acids is 1. The summed E-state index contributed by atoms with van der Waals surface area (Å²) in [5, 5.41) is 3.70. The molecule has 4 heteroatoms. The fourth-order valence-corrected chi connectivity index (χ4v) is 2.30. The van der Waals surface area contributed by atoms with Gasteiger partial charge in [-0.3, -0.25) is 14.8 Å². The Morgan fingerprint density at radius 3 is 2.67 bits per heavy atom. The second kappa shape index (κ2) is 4.61. The van der Waals surface area contributed by atoms with Crippen molar-refractivity contribution in [2.24, 2.45) is 5.73 Å². The lowest BCUT2D eigenvalue weighted by molar-refractivity contribution is -0.126. The van der Waals surface area contributed by atoms with Crippen LogP contribution in [-0.4, -0.2) is 30.0 Å². The highest BCUT2D eigenvalue weighted by molar-refractivity contribution is 5.81. The van der Waals surface area contributed by atoms with Gasteiger partial charge in [-0.05, 0) is 38.0 Å². The summed E-state index contributed by atoms with van der Waals surface area (Å²) in [6.07, 6.45) is 1.41. The zero-order valence-corrected chi connectivity index (χ0v) is 11.3. The molecule has 1 aliphatic heterocycles. The van der Waals surface area contributed by atoms with E-state index in [1.54, 1.807) is 5.01 Å². The SMILES string of the molecule is CN1C(=O)CCN1c1cccc(CC(C)(C)N)c1. The molecule has 0 atom stereocenters. The lowest BCUT2D eigenvalue weighted by atomic mass is 9.96. The summed E-state index contributed by atoms with van der Waals surface area (Å²) >= 11 is 0. The number of nitrogens with two attached hydrogens (primary N) is 1. The van der Waals surface area contributed by atoms with Crippen molar-refractivity contribution in [3.05, 3.63) is 29.8 Å². The highest BCUT2D eigenvalue weighted by atomic mass is 16.2. The highest BCUT2D eigenvalue weighted by Crippen LogP contribution is 2.23. The molecule has 1 aromatic carbocycles. The minimum absolute atomic E-state index is 0.166. The predicted molar refractivity (Wildman–Crippen MR) is 73.1 cm³/mol. The van der Waals surface area contributed by atoms with Gasteiger partial charge in [0.05, 0.1) is 5.69 Å². The molecule has 0 radical (unpaired) electrons. The van der Waals surface area contributed by atoms with E-state index in [2.05, 4.69) is 12.1 Å².